The highest BCUT2D eigenvalue weighted by molar-refractivity contribution is 14.1. The van der Waals surface area contributed by atoms with Crippen LogP contribution in [0.5, 0.6) is 5.75 Å². The van der Waals surface area contributed by atoms with Crippen molar-refractivity contribution in [1.82, 2.24) is 4.98 Å². The van der Waals surface area contributed by atoms with Crippen molar-refractivity contribution in [3.8, 4) is 5.75 Å². The average molecular weight is 438 g/mol. The van der Waals surface area contributed by atoms with Gasteiger partial charge in [0.15, 0.2) is 0 Å². The highest BCUT2D eigenvalue weighted by atomic mass is 127. The Morgan fingerprint density at radius 3 is 2.88 bits per heavy atom. The van der Waals surface area contributed by atoms with Crippen molar-refractivity contribution >= 4 is 48.9 Å². The lowest BCUT2D eigenvalue weighted by Gasteiger charge is -2.12. The SMILES string of the molecule is CC(COc1cc(Br)ncc1I)OS(=O)(=O)O. The Hall–Kier alpha value is 0.0300. The summed E-state index contributed by atoms with van der Waals surface area (Å²) >= 11 is 5.23. The van der Waals surface area contributed by atoms with Gasteiger partial charge in [-0.3, -0.25) is 4.55 Å². The number of nitrogens with zero attached hydrogens (tertiary/aromatic N) is 1. The number of rotatable bonds is 5. The van der Waals surface area contributed by atoms with Gasteiger partial charge in [-0.1, -0.05) is 0 Å². The molecule has 1 aromatic heterocycles. The zero-order valence-corrected chi connectivity index (χ0v) is 13.2. The minimum absolute atomic E-state index is 0.00769. The molecular weight excluding hydrogens is 429 g/mol. The van der Waals surface area contributed by atoms with Crippen LogP contribution < -0.4 is 4.74 Å². The summed E-state index contributed by atoms with van der Waals surface area (Å²) in [4.78, 5) is 3.99. The summed E-state index contributed by atoms with van der Waals surface area (Å²) in [5, 5.41) is 0. The van der Waals surface area contributed by atoms with Crippen LogP contribution >= 0.6 is 38.5 Å². The second-order valence-corrected chi connectivity index (χ2v) is 6.11. The van der Waals surface area contributed by atoms with Gasteiger partial charge in [-0.2, -0.15) is 8.42 Å². The monoisotopic (exact) mass is 437 g/mol. The van der Waals surface area contributed by atoms with Gasteiger partial charge in [0.2, 0.25) is 0 Å². The Morgan fingerprint density at radius 2 is 2.29 bits per heavy atom. The van der Waals surface area contributed by atoms with Crippen molar-refractivity contribution < 1.29 is 21.9 Å². The predicted octanol–water partition coefficient (Wildman–Crippen LogP) is 2.04. The molecule has 1 atom stereocenters. The van der Waals surface area contributed by atoms with E-state index in [4.69, 9.17) is 9.29 Å². The Labute approximate surface area is 121 Å². The molecule has 0 aliphatic rings. The summed E-state index contributed by atoms with van der Waals surface area (Å²) in [6.45, 7) is 1.46. The third-order valence-corrected chi connectivity index (χ3v) is 3.36. The third kappa shape index (κ3) is 5.95. The first-order valence-electron chi connectivity index (χ1n) is 4.37. The quantitative estimate of drug-likeness (QED) is 0.431. The van der Waals surface area contributed by atoms with Gasteiger partial charge in [0, 0.05) is 12.3 Å². The molecule has 1 unspecified atom stereocenters. The van der Waals surface area contributed by atoms with Gasteiger partial charge in [-0.05, 0) is 45.4 Å². The predicted molar refractivity (Wildman–Crippen MR) is 72.2 cm³/mol. The number of ether oxygens (including phenoxy) is 1. The second kappa shape index (κ2) is 6.27. The molecule has 0 aromatic carbocycles. The van der Waals surface area contributed by atoms with E-state index in [0.717, 1.165) is 3.57 Å². The van der Waals surface area contributed by atoms with Gasteiger partial charge in [-0.15, -0.1) is 0 Å². The maximum Gasteiger partial charge on any atom is 0.397 e. The molecule has 1 aromatic rings. The molecule has 0 saturated heterocycles. The highest BCUT2D eigenvalue weighted by Gasteiger charge is 2.13. The van der Waals surface area contributed by atoms with Crippen LogP contribution in [0.2, 0.25) is 0 Å². The summed E-state index contributed by atoms with van der Waals surface area (Å²) in [6, 6.07) is 1.65. The van der Waals surface area contributed by atoms with Crippen LogP contribution in [0.4, 0.5) is 0 Å². The smallest absolute Gasteiger partial charge is 0.397 e. The minimum atomic E-state index is -4.45. The van der Waals surface area contributed by atoms with Crippen LogP contribution in [0.25, 0.3) is 0 Å². The van der Waals surface area contributed by atoms with Crippen molar-refractivity contribution in [2.24, 2.45) is 0 Å². The topological polar surface area (TPSA) is 85.7 Å². The van der Waals surface area contributed by atoms with E-state index in [1.54, 1.807) is 12.3 Å². The molecule has 0 bridgehead atoms. The van der Waals surface area contributed by atoms with E-state index in [9.17, 15) is 8.42 Å². The second-order valence-electron chi connectivity index (χ2n) is 3.08. The first-order valence-corrected chi connectivity index (χ1v) is 7.61. The number of hydrogen-bond donors (Lipinski definition) is 1. The van der Waals surface area contributed by atoms with Gasteiger partial charge in [0.1, 0.15) is 23.1 Å². The van der Waals surface area contributed by atoms with E-state index in [1.807, 2.05) is 22.6 Å². The number of halogens is 2. The lowest BCUT2D eigenvalue weighted by molar-refractivity contribution is 0.133. The fraction of sp³-hybridized carbons (Fsp3) is 0.375. The summed E-state index contributed by atoms with van der Waals surface area (Å²) in [5.74, 6) is 0.554. The normalized spacial score (nSPS) is 13.4. The van der Waals surface area contributed by atoms with E-state index in [-0.39, 0.29) is 6.61 Å². The van der Waals surface area contributed by atoms with Gasteiger partial charge >= 0.3 is 10.4 Å². The van der Waals surface area contributed by atoms with Crippen LogP contribution in [0.1, 0.15) is 6.92 Å². The standard InChI is InChI=1S/C8H9BrINO5S/c1-5(16-17(12,13)14)4-15-7-2-8(9)11-3-6(7)10/h2-3,5H,4H2,1H3,(H,12,13,14). The molecule has 0 aliphatic carbocycles. The summed E-state index contributed by atoms with van der Waals surface area (Å²) < 4.78 is 40.4. The molecule has 0 spiro atoms. The van der Waals surface area contributed by atoms with E-state index in [2.05, 4.69) is 25.1 Å². The molecule has 1 rings (SSSR count). The molecule has 0 fully saturated rings. The molecule has 1 N–H and O–H groups in total. The third-order valence-electron chi connectivity index (χ3n) is 1.55. The van der Waals surface area contributed by atoms with Crippen molar-refractivity contribution in [1.29, 1.82) is 0 Å². The molecule has 0 radical (unpaired) electrons. The molecule has 17 heavy (non-hydrogen) atoms. The maximum atomic E-state index is 10.4. The van der Waals surface area contributed by atoms with E-state index < -0.39 is 16.5 Å². The Bertz CT molecular complexity index is 495. The van der Waals surface area contributed by atoms with Crippen molar-refractivity contribution in [3.05, 3.63) is 20.4 Å². The lowest BCUT2D eigenvalue weighted by Crippen LogP contribution is -2.21. The molecule has 0 saturated carbocycles. The van der Waals surface area contributed by atoms with Crippen LogP contribution in [0, 0.1) is 3.57 Å². The highest BCUT2D eigenvalue weighted by Crippen LogP contribution is 2.23. The van der Waals surface area contributed by atoms with E-state index in [0.29, 0.717) is 10.4 Å². The minimum Gasteiger partial charge on any atom is -0.490 e. The van der Waals surface area contributed by atoms with Gasteiger partial charge in [0.05, 0.1) is 3.57 Å². The fourth-order valence-electron chi connectivity index (χ4n) is 0.949. The van der Waals surface area contributed by atoms with Crippen LogP contribution in [-0.2, 0) is 14.6 Å². The zero-order chi connectivity index (χ0) is 13.1. The van der Waals surface area contributed by atoms with Crippen LogP contribution in [0.3, 0.4) is 0 Å². The Balaban J connectivity index is 2.58. The van der Waals surface area contributed by atoms with Crippen molar-refractivity contribution in [3.63, 3.8) is 0 Å². The van der Waals surface area contributed by atoms with Gasteiger partial charge in [-0.25, -0.2) is 9.17 Å². The summed E-state index contributed by atoms with van der Waals surface area (Å²) in [5.41, 5.74) is 0. The number of aromatic nitrogens is 1. The van der Waals surface area contributed by atoms with Gasteiger partial charge < -0.3 is 4.74 Å². The molecule has 9 heteroatoms. The van der Waals surface area contributed by atoms with Crippen LogP contribution in [-0.4, -0.2) is 30.7 Å². The first kappa shape index (κ1) is 15.1. The summed E-state index contributed by atoms with van der Waals surface area (Å²) in [7, 11) is -4.45. The average Bonchev–Trinajstić information content (AvgIpc) is 2.17. The number of pyridine rings is 1. The fourth-order valence-corrected chi connectivity index (χ4v) is 2.18. The lowest BCUT2D eigenvalue weighted by atomic mass is 10.4. The molecule has 6 nitrogen and oxygen atoms in total. The molecule has 0 aliphatic heterocycles. The van der Waals surface area contributed by atoms with E-state index in [1.165, 1.54) is 6.92 Å². The molecular formula is C8H9BrINO5S. The summed E-state index contributed by atoms with van der Waals surface area (Å²) in [6.07, 6.45) is 0.821. The van der Waals surface area contributed by atoms with E-state index >= 15 is 0 Å². The van der Waals surface area contributed by atoms with Crippen molar-refractivity contribution in [2.75, 3.05) is 6.61 Å². The number of hydrogen-bond acceptors (Lipinski definition) is 5. The molecule has 96 valence electrons. The first-order chi connectivity index (χ1) is 7.78. The Morgan fingerprint density at radius 1 is 1.65 bits per heavy atom. The Kier molecular flexibility index (Phi) is 5.57. The molecule has 1 heterocycles. The largest absolute Gasteiger partial charge is 0.490 e. The van der Waals surface area contributed by atoms with Crippen LogP contribution in [0.15, 0.2) is 16.9 Å². The maximum absolute atomic E-state index is 10.4. The van der Waals surface area contributed by atoms with Crippen molar-refractivity contribution in [2.45, 2.75) is 13.0 Å². The van der Waals surface area contributed by atoms with Gasteiger partial charge in [0.25, 0.3) is 0 Å². The zero-order valence-electron chi connectivity index (χ0n) is 8.63. The molecule has 0 amide bonds.